The SMILES string of the molecule is COc1ccc(OC(C)C(=O)N(C(C)C)C2CCNC2)cc1. The molecule has 1 aromatic rings. The van der Waals surface area contributed by atoms with Crippen LogP contribution in [0.3, 0.4) is 0 Å². The van der Waals surface area contributed by atoms with Gasteiger partial charge in [0.1, 0.15) is 11.5 Å². The van der Waals surface area contributed by atoms with Crippen LogP contribution in [-0.2, 0) is 4.79 Å². The van der Waals surface area contributed by atoms with E-state index in [4.69, 9.17) is 9.47 Å². The molecule has 1 N–H and O–H groups in total. The van der Waals surface area contributed by atoms with E-state index in [-0.39, 0.29) is 18.0 Å². The molecule has 1 saturated heterocycles. The van der Waals surface area contributed by atoms with Crippen LogP contribution in [0.2, 0.25) is 0 Å². The van der Waals surface area contributed by atoms with Gasteiger partial charge in [-0.3, -0.25) is 4.79 Å². The van der Waals surface area contributed by atoms with Crippen molar-refractivity contribution >= 4 is 5.91 Å². The molecule has 5 heteroatoms. The van der Waals surface area contributed by atoms with E-state index in [2.05, 4.69) is 19.2 Å². The number of hydrogen-bond donors (Lipinski definition) is 1. The van der Waals surface area contributed by atoms with Gasteiger partial charge in [-0.1, -0.05) is 0 Å². The second kappa shape index (κ2) is 7.49. The molecule has 5 nitrogen and oxygen atoms in total. The summed E-state index contributed by atoms with van der Waals surface area (Å²) in [5.41, 5.74) is 0. The molecule has 1 aromatic carbocycles. The van der Waals surface area contributed by atoms with Crippen molar-refractivity contribution in [1.82, 2.24) is 10.2 Å². The topological polar surface area (TPSA) is 50.8 Å². The molecule has 22 heavy (non-hydrogen) atoms. The Kier molecular flexibility index (Phi) is 5.66. The van der Waals surface area contributed by atoms with E-state index in [9.17, 15) is 4.79 Å². The lowest BCUT2D eigenvalue weighted by Gasteiger charge is -2.34. The smallest absolute Gasteiger partial charge is 0.263 e. The fourth-order valence-corrected chi connectivity index (χ4v) is 2.85. The number of carbonyl (C=O) groups excluding carboxylic acids is 1. The van der Waals surface area contributed by atoms with Crippen LogP contribution in [0, 0.1) is 0 Å². The van der Waals surface area contributed by atoms with Crippen molar-refractivity contribution in [2.45, 2.75) is 45.4 Å². The number of amides is 1. The summed E-state index contributed by atoms with van der Waals surface area (Å²) in [6, 6.07) is 7.72. The monoisotopic (exact) mass is 306 g/mol. The van der Waals surface area contributed by atoms with Crippen molar-refractivity contribution < 1.29 is 14.3 Å². The minimum Gasteiger partial charge on any atom is -0.497 e. The summed E-state index contributed by atoms with van der Waals surface area (Å²) < 4.78 is 10.9. The van der Waals surface area contributed by atoms with Gasteiger partial charge < -0.3 is 19.7 Å². The van der Waals surface area contributed by atoms with E-state index in [0.29, 0.717) is 5.75 Å². The lowest BCUT2D eigenvalue weighted by Crippen LogP contribution is -2.50. The Bertz CT molecular complexity index is 481. The Hall–Kier alpha value is -1.75. The zero-order valence-electron chi connectivity index (χ0n) is 13.8. The summed E-state index contributed by atoms with van der Waals surface area (Å²) in [6.45, 7) is 7.74. The molecule has 0 spiro atoms. The summed E-state index contributed by atoms with van der Waals surface area (Å²) in [7, 11) is 1.62. The molecule has 1 aliphatic rings. The molecule has 122 valence electrons. The van der Waals surface area contributed by atoms with Crippen LogP contribution < -0.4 is 14.8 Å². The number of ether oxygens (including phenoxy) is 2. The van der Waals surface area contributed by atoms with Gasteiger partial charge in [0.05, 0.1) is 7.11 Å². The molecule has 0 aromatic heterocycles. The third-order valence-electron chi connectivity index (χ3n) is 3.96. The minimum absolute atomic E-state index is 0.0412. The zero-order chi connectivity index (χ0) is 16.1. The van der Waals surface area contributed by atoms with Crippen LogP contribution in [-0.4, -0.2) is 49.2 Å². The molecule has 1 heterocycles. The molecule has 2 rings (SSSR count). The first-order valence-corrected chi connectivity index (χ1v) is 7.86. The zero-order valence-corrected chi connectivity index (χ0v) is 13.8. The van der Waals surface area contributed by atoms with Gasteiger partial charge in [0.25, 0.3) is 5.91 Å². The number of hydrogen-bond acceptors (Lipinski definition) is 4. The molecule has 2 unspecified atom stereocenters. The highest BCUT2D eigenvalue weighted by molar-refractivity contribution is 5.81. The molecule has 2 atom stereocenters. The van der Waals surface area contributed by atoms with Crippen molar-refractivity contribution in [1.29, 1.82) is 0 Å². The van der Waals surface area contributed by atoms with Crippen LogP contribution in [0.1, 0.15) is 27.2 Å². The van der Waals surface area contributed by atoms with Gasteiger partial charge in [0, 0.05) is 18.6 Å². The predicted molar refractivity (Wildman–Crippen MR) is 86.3 cm³/mol. The quantitative estimate of drug-likeness (QED) is 0.874. The van der Waals surface area contributed by atoms with Gasteiger partial charge in [-0.2, -0.15) is 0 Å². The Morgan fingerprint density at radius 1 is 1.23 bits per heavy atom. The van der Waals surface area contributed by atoms with Crippen molar-refractivity contribution in [3.63, 3.8) is 0 Å². The average molecular weight is 306 g/mol. The number of nitrogens with zero attached hydrogens (tertiary/aromatic N) is 1. The normalized spacial score (nSPS) is 19.0. The molecule has 0 aliphatic carbocycles. The van der Waals surface area contributed by atoms with E-state index in [1.54, 1.807) is 7.11 Å². The van der Waals surface area contributed by atoms with Crippen LogP contribution in [0.15, 0.2) is 24.3 Å². The summed E-state index contributed by atoms with van der Waals surface area (Å²) in [5.74, 6) is 1.49. The van der Waals surface area contributed by atoms with Crippen LogP contribution >= 0.6 is 0 Å². The largest absolute Gasteiger partial charge is 0.497 e. The maximum atomic E-state index is 12.7. The summed E-state index contributed by atoms with van der Waals surface area (Å²) in [5, 5.41) is 3.32. The molecule has 0 bridgehead atoms. The third-order valence-corrected chi connectivity index (χ3v) is 3.96. The van der Waals surface area contributed by atoms with Crippen LogP contribution in [0.4, 0.5) is 0 Å². The Morgan fingerprint density at radius 2 is 1.86 bits per heavy atom. The van der Waals surface area contributed by atoms with Gasteiger partial charge in [-0.15, -0.1) is 0 Å². The highest BCUT2D eigenvalue weighted by Crippen LogP contribution is 2.20. The Morgan fingerprint density at radius 3 is 2.36 bits per heavy atom. The highest BCUT2D eigenvalue weighted by Gasteiger charge is 2.32. The first kappa shape index (κ1) is 16.6. The summed E-state index contributed by atoms with van der Waals surface area (Å²) in [6.07, 6.45) is 0.496. The standard InChI is InChI=1S/C17H26N2O3/c1-12(2)19(14-9-10-18-11-14)17(20)13(3)22-16-7-5-15(21-4)6-8-16/h5-8,12-14,18H,9-11H2,1-4H3. The number of rotatable bonds is 6. The molecule has 0 radical (unpaired) electrons. The lowest BCUT2D eigenvalue weighted by molar-refractivity contribution is -0.142. The van der Waals surface area contributed by atoms with Crippen molar-refractivity contribution in [3.8, 4) is 11.5 Å². The fourth-order valence-electron chi connectivity index (χ4n) is 2.85. The summed E-state index contributed by atoms with van der Waals surface area (Å²) >= 11 is 0. The lowest BCUT2D eigenvalue weighted by atomic mass is 10.1. The first-order chi connectivity index (χ1) is 10.5. The van der Waals surface area contributed by atoms with Gasteiger partial charge in [-0.05, 0) is 58.0 Å². The summed E-state index contributed by atoms with van der Waals surface area (Å²) in [4.78, 5) is 14.7. The number of benzene rings is 1. The minimum atomic E-state index is -0.503. The van der Waals surface area contributed by atoms with E-state index < -0.39 is 6.10 Å². The van der Waals surface area contributed by atoms with Crippen molar-refractivity contribution in [2.75, 3.05) is 20.2 Å². The van der Waals surface area contributed by atoms with Gasteiger partial charge in [-0.25, -0.2) is 0 Å². The van der Waals surface area contributed by atoms with Crippen molar-refractivity contribution in [3.05, 3.63) is 24.3 Å². The first-order valence-electron chi connectivity index (χ1n) is 7.86. The highest BCUT2D eigenvalue weighted by atomic mass is 16.5. The van der Waals surface area contributed by atoms with E-state index in [1.165, 1.54) is 0 Å². The molecule has 1 fully saturated rings. The van der Waals surface area contributed by atoms with Crippen LogP contribution in [0.5, 0.6) is 11.5 Å². The molecule has 0 saturated carbocycles. The van der Waals surface area contributed by atoms with Gasteiger partial charge >= 0.3 is 0 Å². The predicted octanol–water partition coefficient (Wildman–Crippen LogP) is 2.06. The Balaban J connectivity index is 2.02. The number of carbonyl (C=O) groups is 1. The molecule has 1 aliphatic heterocycles. The molecular formula is C17H26N2O3. The Labute approximate surface area is 132 Å². The third kappa shape index (κ3) is 3.91. The number of nitrogens with one attached hydrogen (secondary N) is 1. The molecule has 1 amide bonds. The van der Waals surface area contributed by atoms with E-state index in [1.807, 2.05) is 36.1 Å². The van der Waals surface area contributed by atoms with Crippen LogP contribution in [0.25, 0.3) is 0 Å². The van der Waals surface area contributed by atoms with E-state index in [0.717, 1.165) is 25.3 Å². The second-order valence-electron chi connectivity index (χ2n) is 5.92. The maximum absolute atomic E-state index is 12.7. The fraction of sp³-hybridized carbons (Fsp3) is 0.588. The maximum Gasteiger partial charge on any atom is 0.263 e. The molecular weight excluding hydrogens is 280 g/mol. The van der Waals surface area contributed by atoms with Gasteiger partial charge in [0.2, 0.25) is 0 Å². The van der Waals surface area contributed by atoms with Crippen molar-refractivity contribution in [2.24, 2.45) is 0 Å². The average Bonchev–Trinajstić information content (AvgIpc) is 3.01. The second-order valence-corrected chi connectivity index (χ2v) is 5.92. The number of methoxy groups -OCH3 is 1. The van der Waals surface area contributed by atoms with Gasteiger partial charge in [0.15, 0.2) is 6.10 Å². The van der Waals surface area contributed by atoms with E-state index >= 15 is 0 Å².